The van der Waals surface area contributed by atoms with Gasteiger partial charge in [0.2, 0.25) is 0 Å². The molecule has 0 spiro atoms. The third kappa shape index (κ3) is 3.63. The maximum Gasteiger partial charge on any atom is 0.355 e. The molecule has 0 radical (unpaired) electrons. The van der Waals surface area contributed by atoms with Crippen LogP contribution in [0.4, 0.5) is 0 Å². The standard InChI is InChI=1S/C16H28N2O2/c1-6-12-13(7-2)15(16(19)20-10-5)17-14(12)11-18(8-3)9-4/h17H,6-11H2,1-5H3. The Bertz CT molecular complexity index is 434. The molecule has 1 aromatic heterocycles. The molecule has 0 bridgehead atoms. The van der Waals surface area contributed by atoms with E-state index in [1.54, 1.807) is 0 Å². The number of hydrogen-bond donors (Lipinski definition) is 1. The van der Waals surface area contributed by atoms with E-state index in [0.29, 0.717) is 12.3 Å². The van der Waals surface area contributed by atoms with Gasteiger partial charge in [-0.1, -0.05) is 27.7 Å². The Hall–Kier alpha value is -1.29. The average Bonchev–Trinajstić information content (AvgIpc) is 2.82. The normalized spacial score (nSPS) is 11.1. The molecule has 0 aliphatic heterocycles. The minimum absolute atomic E-state index is 0.232. The molecule has 1 N–H and O–H groups in total. The highest BCUT2D eigenvalue weighted by Gasteiger charge is 2.21. The van der Waals surface area contributed by atoms with Crippen LogP contribution in [-0.2, 0) is 24.1 Å². The molecule has 0 aliphatic carbocycles. The van der Waals surface area contributed by atoms with Gasteiger partial charge in [-0.3, -0.25) is 4.90 Å². The summed E-state index contributed by atoms with van der Waals surface area (Å²) in [6.07, 6.45) is 1.79. The molecule has 1 heterocycles. The van der Waals surface area contributed by atoms with Crippen LogP contribution in [0.15, 0.2) is 0 Å². The topological polar surface area (TPSA) is 45.3 Å². The van der Waals surface area contributed by atoms with Crippen LogP contribution in [0.5, 0.6) is 0 Å². The predicted octanol–water partition coefficient (Wildman–Crippen LogP) is 3.16. The molecule has 0 aromatic carbocycles. The quantitative estimate of drug-likeness (QED) is 0.744. The molecule has 4 nitrogen and oxygen atoms in total. The maximum atomic E-state index is 12.1. The number of nitrogens with zero attached hydrogens (tertiary/aromatic N) is 1. The highest BCUT2D eigenvalue weighted by Crippen LogP contribution is 2.23. The van der Waals surface area contributed by atoms with Gasteiger partial charge in [-0.05, 0) is 44.0 Å². The second-order valence-electron chi connectivity index (χ2n) is 4.82. The van der Waals surface area contributed by atoms with Crippen molar-refractivity contribution in [2.45, 2.75) is 54.0 Å². The summed E-state index contributed by atoms with van der Waals surface area (Å²) in [6.45, 7) is 13.7. The van der Waals surface area contributed by atoms with Crippen molar-refractivity contribution in [2.75, 3.05) is 19.7 Å². The van der Waals surface area contributed by atoms with Crippen LogP contribution in [0.1, 0.15) is 61.9 Å². The molecule has 4 heteroatoms. The van der Waals surface area contributed by atoms with E-state index in [4.69, 9.17) is 4.74 Å². The lowest BCUT2D eigenvalue weighted by molar-refractivity contribution is 0.0518. The van der Waals surface area contributed by atoms with Gasteiger partial charge in [0.1, 0.15) is 5.69 Å². The Labute approximate surface area is 122 Å². The summed E-state index contributed by atoms with van der Waals surface area (Å²) in [5.41, 5.74) is 4.21. The minimum atomic E-state index is -0.232. The third-order valence-electron chi connectivity index (χ3n) is 3.77. The van der Waals surface area contributed by atoms with E-state index in [9.17, 15) is 4.79 Å². The van der Waals surface area contributed by atoms with Crippen molar-refractivity contribution in [1.29, 1.82) is 0 Å². The molecule has 0 unspecified atom stereocenters. The summed E-state index contributed by atoms with van der Waals surface area (Å²) in [5.74, 6) is -0.232. The first-order valence-electron chi connectivity index (χ1n) is 7.74. The summed E-state index contributed by atoms with van der Waals surface area (Å²) < 4.78 is 5.16. The van der Waals surface area contributed by atoms with Gasteiger partial charge in [-0.2, -0.15) is 0 Å². The van der Waals surface area contributed by atoms with Gasteiger partial charge < -0.3 is 9.72 Å². The van der Waals surface area contributed by atoms with E-state index in [0.717, 1.165) is 43.7 Å². The van der Waals surface area contributed by atoms with Gasteiger partial charge >= 0.3 is 5.97 Å². The van der Waals surface area contributed by atoms with Gasteiger partial charge in [0, 0.05) is 12.2 Å². The van der Waals surface area contributed by atoms with E-state index >= 15 is 0 Å². The maximum absolute atomic E-state index is 12.1. The van der Waals surface area contributed by atoms with Crippen molar-refractivity contribution in [3.05, 3.63) is 22.5 Å². The number of nitrogens with one attached hydrogen (secondary N) is 1. The summed E-state index contributed by atoms with van der Waals surface area (Å²) in [4.78, 5) is 17.7. The zero-order valence-electron chi connectivity index (χ0n) is 13.5. The van der Waals surface area contributed by atoms with Crippen molar-refractivity contribution >= 4 is 5.97 Å². The van der Waals surface area contributed by atoms with Gasteiger partial charge in [0.05, 0.1) is 6.61 Å². The van der Waals surface area contributed by atoms with Crippen LogP contribution >= 0.6 is 0 Å². The Balaban J connectivity index is 3.14. The highest BCUT2D eigenvalue weighted by atomic mass is 16.5. The minimum Gasteiger partial charge on any atom is -0.461 e. The largest absolute Gasteiger partial charge is 0.461 e. The van der Waals surface area contributed by atoms with Gasteiger partial charge in [0.15, 0.2) is 0 Å². The number of aromatic amines is 1. The van der Waals surface area contributed by atoms with E-state index in [2.05, 4.69) is 37.6 Å². The molecular formula is C16H28N2O2. The molecular weight excluding hydrogens is 252 g/mol. The van der Waals surface area contributed by atoms with E-state index in [1.807, 2.05) is 6.92 Å². The molecule has 0 aliphatic rings. The van der Waals surface area contributed by atoms with Gasteiger partial charge in [-0.25, -0.2) is 4.79 Å². The summed E-state index contributed by atoms with van der Waals surface area (Å²) in [7, 11) is 0. The average molecular weight is 280 g/mol. The van der Waals surface area contributed by atoms with Gasteiger partial charge in [-0.15, -0.1) is 0 Å². The number of aromatic nitrogens is 1. The smallest absolute Gasteiger partial charge is 0.355 e. The van der Waals surface area contributed by atoms with Crippen molar-refractivity contribution in [2.24, 2.45) is 0 Å². The molecule has 20 heavy (non-hydrogen) atoms. The van der Waals surface area contributed by atoms with E-state index in [1.165, 1.54) is 5.56 Å². The number of ether oxygens (including phenoxy) is 1. The fraction of sp³-hybridized carbons (Fsp3) is 0.688. The first-order valence-corrected chi connectivity index (χ1v) is 7.74. The molecule has 1 rings (SSSR count). The molecule has 0 amide bonds. The van der Waals surface area contributed by atoms with Crippen molar-refractivity contribution < 1.29 is 9.53 Å². The molecule has 0 saturated heterocycles. The third-order valence-corrected chi connectivity index (χ3v) is 3.77. The van der Waals surface area contributed by atoms with Crippen molar-refractivity contribution in [1.82, 2.24) is 9.88 Å². The lowest BCUT2D eigenvalue weighted by Gasteiger charge is -2.18. The Morgan fingerprint density at radius 1 is 1.05 bits per heavy atom. The highest BCUT2D eigenvalue weighted by molar-refractivity contribution is 5.90. The zero-order chi connectivity index (χ0) is 15.1. The number of rotatable bonds is 8. The van der Waals surface area contributed by atoms with Crippen LogP contribution in [0.25, 0.3) is 0 Å². The number of carbonyl (C=O) groups excluding carboxylic acids is 1. The first-order chi connectivity index (χ1) is 9.62. The molecule has 1 aromatic rings. The Morgan fingerprint density at radius 3 is 2.10 bits per heavy atom. The summed E-state index contributed by atoms with van der Waals surface area (Å²) in [6, 6.07) is 0. The second kappa shape index (κ2) is 8.10. The molecule has 0 saturated carbocycles. The molecule has 0 atom stereocenters. The SMILES string of the molecule is CCOC(=O)c1[nH]c(CN(CC)CC)c(CC)c1CC. The molecule has 0 fully saturated rings. The number of esters is 1. The van der Waals surface area contributed by atoms with Crippen molar-refractivity contribution in [3.8, 4) is 0 Å². The fourth-order valence-electron chi connectivity index (χ4n) is 2.64. The predicted molar refractivity (Wildman–Crippen MR) is 82.1 cm³/mol. The van der Waals surface area contributed by atoms with Gasteiger partial charge in [0.25, 0.3) is 0 Å². The summed E-state index contributed by atoms with van der Waals surface area (Å²) >= 11 is 0. The summed E-state index contributed by atoms with van der Waals surface area (Å²) in [5, 5.41) is 0. The van der Waals surface area contributed by atoms with Crippen LogP contribution in [0.3, 0.4) is 0 Å². The van der Waals surface area contributed by atoms with Crippen LogP contribution in [0.2, 0.25) is 0 Å². The number of carbonyl (C=O) groups is 1. The van der Waals surface area contributed by atoms with Crippen LogP contribution in [-0.4, -0.2) is 35.5 Å². The lowest BCUT2D eigenvalue weighted by Crippen LogP contribution is -2.23. The second-order valence-corrected chi connectivity index (χ2v) is 4.82. The number of hydrogen-bond acceptors (Lipinski definition) is 3. The number of H-pyrrole nitrogens is 1. The van der Waals surface area contributed by atoms with E-state index in [-0.39, 0.29) is 5.97 Å². The molecule has 114 valence electrons. The van der Waals surface area contributed by atoms with Crippen molar-refractivity contribution in [3.63, 3.8) is 0 Å². The zero-order valence-corrected chi connectivity index (χ0v) is 13.5. The van der Waals surface area contributed by atoms with Crippen LogP contribution < -0.4 is 0 Å². The lowest BCUT2D eigenvalue weighted by atomic mass is 10.0. The Morgan fingerprint density at radius 2 is 1.65 bits per heavy atom. The van der Waals surface area contributed by atoms with E-state index < -0.39 is 0 Å². The fourth-order valence-corrected chi connectivity index (χ4v) is 2.64. The first kappa shape index (κ1) is 16.8. The van der Waals surface area contributed by atoms with Crippen LogP contribution in [0, 0.1) is 0 Å². The Kier molecular flexibility index (Phi) is 6.79. The monoisotopic (exact) mass is 280 g/mol.